The van der Waals surface area contributed by atoms with E-state index in [0.29, 0.717) is 36.2 Å². The first-order chi connectivity index (χ1) is 16.2. The maximum atomic E-state index is 13.7. The minimum Gasteiger partial charge on any atom is -0.494 e. The highest BCUT2D eigenvalue weighted by molar-refractivity contribution is 7.22. The van der Waals surface area contributed by atoms with Crippen LogP contribution in [0.3, 0.4) is 0 Å². The number of anilines is 1. The van der Waals surface area contributed by atoms with Crippen molar-refractivity contribution in [1.82, 2.24) is 9.97 Å². The van der Waals surface area contributed by atoms with Gasteiger partial charge in [-0.2, -0.15) is 0 Å². The van der Waals surface area contributed by atoms with Gasteiger partial charge in [0.1, 0.15) is 11.5 Å². The molecule has 0 fully saturated rings. The smallest absolute Gasteiger partial charge is 0.260 e. The summed E-state index contributed by atoms with van der Waals surface area (Å²) in [5.41, 5.74) is 2.32. The molecule has 0 atom stereocenters. The number of pyridine rings is 1. The quantitative estimate of drug-likeness (QED) is 0.266. The van der Waals surface area contributed by atoms with Gasteiger partial charge in [0.2, 0.25) is 0 Å². The normalized spacial score (nSPS) is 10.8. The standard InChI is InChI=1S/C26H27N3O3S/c1-3-5-14-32-21-10-6-9-20(15-21)25(30)29(18-19-8-7-13-27-17-19)26-28-23-12-11-22(31-4-2)16-24(23)33-26/h6-13,15-17H,3-5,14,18H2,1-2H3. The molecule has 0 saturated heterocycles. The summed E-state index contributed by atoms with van der Waals surface area (Å²) in [5.74, 6) is 1.35. The Morgan fingerprint density at radius 1 is 1.03 bits per heavy atom. The fraction of sp³-hybridized carbons (Fsp3) is 0.269. The first-order valence-electron chi connectivity index (χ1n) is 11.1. The molecular formula is C26H27N3O3S. The molecule has 6 nitrogen and oxygen atoms in total. The van der Waals surface area contributed by atoms with Crippen LogP contribution in [0, 0.1) is 0 Å². The first-order valence-corrected chi connectivity index (χ1v) is 12.0. The van der Waals surface area contributed by atoms with Gasteiger partial charge >= 0.3 is 0 Å². The lowest BCUT2D eigenvalue weighted by molar-refractivity contribution is 0.0984. The number of carbonyl (C=O) groups is 1. The zero-order valence-electron chi connectivity index (χ0n) is 18.9. The molecule has 4 aromatic rings. The minimum absolute atomic E-state index is 0.135. The van der Waals surface area contributed by atoms with E-state index in [1.165, 1.54) is 11.3 Å². The molecule has 4 rings (SSSR count). The van der Waals surface area contributed by atoms with Crippen molar-refractivity contribution in [2.45, 2.75) is 33.2 Å². The van der Waals surface area contributed by atoms with Gasteiger partial charge in [0.05, 0.1) is 30.0 Å². The number of benzene rings is 2. The molecule has 170 valence electrons. The Morgan fingerprint density at radius 3 is 2.70 bits per heavy atom. The topological polar surface area (TPSA) is 64.5 Å². The van der Waals surface area contributed by atoms with Gasteiger partial charge in [-0.15, -0.1) is 0 Å². The van der Waals surface area contributed by atoms with E-state index >= 15 is 0 Å². The van der Waals surface area contributed by atoms with Crippen LogP contribution in [0.1, 0.15) is 42.6 Å². The Balaban J connectivity index is 1.67. The molecule has 33 heavy (non-hydrogen) atoms. The number of ether oxygens (including phenoxy) is 2. The van der Waals surface area contributed by atoms with E-state index in [0.717, 1.165) is 34.4 Å². The van der Waals surface area contributed by atoms with Crippen molar-refractivity contribution in [2.24, 2.45) is 0 Å². The second-order valence-electron chi connectivity index (χ2n) is 7.54. The number of fused-ring (bicyclic) bond motifs is 1. The van der Waals surface area contributed by atoms with E-state index in [1.807, 2.05) is 55.5 Å². The SMILES string of the molecule is CCCCOc1cccc(C(=O)N(Cc2cccnc2)c2nc3ccc(OCC)cc3s2)c1. The van der Waals surface area contributed by atoms with Gasteiger partial charge in [-0.25, -0.2) is 4.98 Å². The fourth-order valence-electron chi connectivity index (χ4n) is 3.37. The number of thiazole rings is 1. The summed E-state index contributed by atoms with van der Waals surface area (Å²) in [6.07, 6.45) is 5.52. The van der Waals surface area contributed by atoms with Crippen LogP contribution in [-0.4, -0.2) is 29.1 Å². The molecule has 0 aliphatic heterocycles. The van der Waals surface area contributed by atoms with Crippen LogP contribution in [0.4, 0.5) is 5.13 Å². The lowest BCUT2D eigenvalue weighted by Gasteiger charge is -2.20. The summed E-state index contributed by atoms with van der Waals surface area (Å²) in [4.78, 5) is 24.3. The predicted octanol–water partition coefficient (Wildman–Crippen LogP) is 6.12. The second-order valence-corrected chi connectivity index (χ2v) is 8.55. The first kappa shape index (κ1) is 22.7. The zero-order chi connectivity index (χ0) is 23.0. The van der Waals surface area contributed by atoms with Crippen molar-refractivity contribution in [1.29, 1.82) is 0 Å². The number of hydrogen-bond donors (Lipinski definition) is 0. The minimum atomic E-state index is -0.135. The number of nitrogens with zero attached hydrogens (tertiary/aromatic N) is 3. The van der Waals surface area contributed by atoms with Crippen LogP contribution < -0.4 is 14.4 Å². The molecular weight excluding hydrogens is 434 g/mol. The van der Waals surface area contributed by atoms with Gasteiger partial charge in [0.25, 0.3) is 5.91 Å². The molecule has 2 aromatic heterocycles. The summed E-state index contributed by atoms with van der Waals surface area (Å²) in [5, 5.41) is 0.629. The monoisotopic (exact) mass is 461 g/mol. The molecule has 0 saturated carbocycles. The Bertz CT molecular complexity index is 1210. The number of aromatic nitrogens is 2. The summed E-state index contributed by atoms with van der Waals surface area (Å²) in [6.45, 7) is 5.67. The van der Waals surface area contributed by atoms with Crippen LogP contribution in [0.5, 0.6) is 11.5 Å². The fourth-order valence-corrected chi connectivity index (χ4v) is 4.37. The summed E-state index contributed by atoms with van der Waals surface area (Å²) in [7, 11) is 0. The van der Waals surface area contributed by atoms with E-state index in [-0.39, 0.29) is 5.91 Å². The zero-order valence-corrected chi connectivity index (χ0v) is 19.7. The molecule has 0 spiro atoms. The lowest BCUT2D eigenvalue weighted by Crippen LogP contribution is -2.30. The maximum Gasteiger partial charge on any atom is 0.260 e. The number of rotatable bonds is 10. The lowest BCUT2D eigenvalue weighted by atomic mass is 10.1. The van der Waals surface area contributed by atoms with Gasteiger partial charge in [-0.3, -0.25) is 14.7 Å². The Labute approximate surface area is 197 Å². The van der Waals surface area contributed by atoms with Crippen molar-refractivity contribution >= 4 is 32.6 Å². The molecule has 2 heterocycles. The molecule has 0 aliphatic rings. The van der Waals surface area contributed by atoms with Crippen molar-refractivity contribution in [3.8, 4) is 11.5 Å². The van der Waals surface area contributed by atoms with Crippen molar-refractivity contribution in [3.05, 3.63) is 78.1 Å². The molecule has 1 amide bonds. The third-order valence-electron chi connectivity index (χ3n) is 5.05. The summed E-state index contributed by atoms with van der Waals surface area (Å²) < 4.78 is 12.4. The van der Waals surface area contributed by atoms with Crippen molar-refractivity contribution in [3.63, 3.8) is 0 Å². The van der Waals surface area contributed by atoms with Gasteiger partial charge in [0, 0.05) is 18.0 Å². The van der Waals surface area contributed by atoms with Gasteiger partial charge < -0.3 is 9.47 Å². The number of unbranched alkanes of at least 4 members (excludes halogenated alkanes) is 1. The average molecular weight is 462 g/mol. The maximum absolute atomic E-state index is 13.7. The molecule has 7 heteroatoms. The largest absolute Gasteiger partial charge is 0.494 e. The number of carbonyl (C=O) groups excluding carboxylic acids is 1. The van der Waals surface area contributed by atoms with Crippen LogP contribution in [-0.2, 0) is 6.54 Å². The Kier molecular flexibility index (Phi) is 7.52. The third-order valence-corrected chi connectivity index (χ3v) is 6.09. The van der Waals surface area contributed by atoms with Crippen LogP contribution in [0.2, 0.25) is 0 Å². The van der Waals surface area contributed by atoms with E-state index < -0.39 is 0 Å². The Morgan fingerprint density at radius 2 is 1.91 bits per heavy atom. The highest BCUT2D eigenvalue weighted by Gasteiger charge is 2.22. The van der Waals surface area contributed by atoms with E-state index in [9.17, 15) is 4.79 Å². The number of hydrogen-bond acceptors (Lipinski definition) is 6. The second kappa shape index (κ2) is 10.9. The molecule has 0 radical (unpaired) electrons. The highest BCUT2D eigenvalue weighted by atomic mass is 32.1. The van der Waals surface area contributed by atoms with Gasteiger partial charge in [0.15, 0.2) is 5.13 Å². The molecule has 0 bridgehead atoms. The molecule has 2 aromatic carbocycles. The highest BCUT2D eigenvalue weighted by Crippen LogP contribution is 2.33. The average Bonchev–Trinajstić information content (AvgIpc) is 3.26. The van der Waals surface area contributed by atoms with Crippen LogP contribution in [0.15, 0.2) is 67.0 Å². The van der Waals surface area contributed by atoms with E-state index in [1.54, 1.807) is 23.4 Å². The third kappa shape index (κ3) is 5.68. The number of amides is 1. The van der Waals surface area contributed by atoms with E-state index in [2.05, 4.69) is 11.9 Å². The summed E-state index contributed by atoms with van der Waals surface area (Å²) >= 11 is 1.47. The van der Waals surface area contributed by atoms with Crippen LogP contribution >= 0.6 is 11.3 Å². The van der Waals surface area contributed by atoms with Crippen molar-refractivity contribution < 1.29 is 14.3 Å². The molecule has 0 N–H and O–H groups in total. The predicted molar refractivity (Wildman–Crippen MR) is 132 cm³/mol. The van der Waals surface area contributed by atoms with Crippen molar-refractivity contribution in [2.75, 3.05) is 18.1 Å². The Hall–Kier alpha value is -3.45. The van der Waals surface area contributed by atoms with E-state index in [4.69, 9.17) is 14.5 Å². The van der Waals surface area contributed by atoms with Crippen LogP contribution in [0.25, 0.3) is 10.2 Å². The molecule has 0 unspecified atom stereocenters. The van der Waals surface area contributed by atoms with Gasteiger partial charge in [-0.1, -0.05) is 36.8 Å². The molecule has 0 aliphatic carbocycles. The summed E-state index contributed by atoms with van der Waals surface area (Å²) in [6, 6.07) is 17.0. The van der Waals surface area contributed by atoms with Gasteiger partial charge in [-0.05, 0) is 61.4 Å².